The minimum absolute atomic E-state index is 0.0147. The molecule has 0 spiro atoms. The van der Waals surface area contributed by atoms with Gasteiger partial charge in [0.25, 0.3) is 0 Å². The highest BCUT2D eigenvalue weighted by Gasteiger charge is 2.25. The Morgan fingerprint density at radius 3 is 2.88 bits per heavy atom. The Morgan fingerprint density at radius 1 is 1.27 bits per heavy atom. The van der Waals surface area contributed by atoms with Gasteiger partial charge in [-0.25, -0.2) is 0 Å². The third-order valence-electron chi connectivity index (χ3n) is 5.04. The van der Waals surface area contributed by atoms with Crippen LogP contribution in [0.15, 0.2) is 35.1 Å². The van der Waals surface area contributed by atoms with Crippen molar-refractivity contribution in [3.05, 3.63) is 57.9 Å². The largest absolute Gasteiger partial charge is 0.354 e. The third-order valence-corrected chi connectivity index (χ3v) is 5.04. The fourth-order valence-corrected chi connectivity index (χ4v) is 3.65. The lowest BCUT2D eigenvalue weighted by molar-refractivity contribution is -0.121. The predicted molar refractivity (Wildman–Crippen MR) is 97.9 cm³/mol. The summed E-state index contributed by atoms with van der Waals surface area (Å²) < 4.78 is 4.00. The first-order valence-electron chi connectivity index (χ1n) is 8.77. The quantitative estimate of drug-likeness (QED) is 0.766. The number of rotatable bonds is 4. The number of hydrogen-bond donors (Lipinski definition) is 1. The maximum atomic E-state index is 12.5. The molecule has 0 aliphatic carbocycles. The van der Waals surface area contributed by atoms with Gasteiger partial charge in [-0.15, -0.1) is 10.2 Å². The SMILES string of the molecule is Cc1nnc2n1CC(CNC(=O)Cn1c(C)cc(=O)c3ccccc31)C2. The molecule has 1 aliphatic heterocycles. The van der Waals surface area contributed by atoms with Crippen molar-refractivity contribution in [2.24, 2.45) is 5.92 Å². The van der Waals surface area contributed by atoms with E-state index in [1.165, 1.54) is 0 Å². The van der Waals surface area contributed by atoms with Crippen molar-refractivity contribution >= 4 is 16.8 Å². The molecular formula is C19H21N5O2. The first kappa shape index (κ1) is 16.5. The van der Waals surface area contributed by atoms with Crippen LogP contribution in [0.5, 0.6) is 0 Å². The number of hydrogen-bond acceptors (Lipinski definition) is 4. The van der Waals surface area contributed by atoms with Crippen LogP contribution in [0, 0.1) is 19.8 Å². The summed E-state index contributed by atoms with van der Waals surface area (Å²) in [5, 5.41) is 11.9. The molecule has 134 valence electrons. The Balaban J connectivity index is 1.45. The molecule has 1 N–H and O–H groups in total. The van der Waals surface area contributed by atoms with Gasteiger partial charge >= 0.3 is 0 Å². The molecule has 7 heteroatoms. The molecule has 0 bridgehead atoms. The summed E-state index contributed by atoms with van der Waals surface area (Å²) in [6.07, 6.45) is 0.834. The molecule has 0 saturated heterocycles. The van der Waals surface area contributed by atoms with E-state index in [0.717, 1.165) is 35.8 Å². The maximum absolute atomic E-state index is 12.5. The standard InChI is InChI=1S/C19H21N5O2/c1-12-7-17(25)15-5-3-4-6-16(15)23(12)11-19(26)20-9-14-8-18-22-21-13(2)24(18)10-14/h3-7,14H,8-11H2,1-2H3,(H,20,26). The minimum atomic E-state index is -0.0544. The highest BCUT2D eigenvalue weighted by atomic mass is 16.2. The van der Waals surface area contributed by atoms with Crippen LogP contribution in [0.25, 0.3) is 10.9 Å². The number of nitrogens with zero attached hydrogens (tertiary/aromatic N) is 4. The zero-order valence-corrected chi connectivity index (χ0v) is 14.9. The summed E-state index contributed by atoms with van der Waals surface area (Å²) in [6, 6.07) is 8.97. The molecule has 7 nitrogen and oxygen atoms in total. The van der Waals surface area contributed by atoms with Crippen LogP contribution in [-0.2, 0) is 24.3 Å². The van der Waals surface area contributed by atoms with Crippen molar-refractivity contribution in [3.63, 3.8) is 0 Å². The lowest BCUT2D eigenvalue weighted by Gasteiger charge is -2.16. The van der Waals surface area contributed by atoms with Gasteiger partial charge in [-0.1, -0.05) is 12.1 Å². The molecule has 0 radical (unpaired) electrons. The van der Waals surface area contributed by atoms with Crippen molar-refractivity contribution in [2.75, 3.05) is 6.54 Å². The summed E-state index contributed by atoms with van der Waals surface area (Å²) in [5.74, 6) is 2.20. The number of fused-ring (bicyclic) bond motifs is 2. The number of pyridine rings is 1. The van der Waals surface area contributed by atoms with Crippen LogP contribution >= 0.6 is 0 Å². The molecule has 1 atom stereocenters. The van der Waals surface area contributed by atoms with E-state index < -0.39 is 0 Å². The molecule has 0 saturated carbocycles. The first-order chi connectivity index (χ1) is 12.5. The number of carbonyl (C=O) groups is 1. The average Bonchev–Trinajstić information content (AvgIpc) is 3.18. The number of aryl methyl sites for hydroxylation is 2. The van der Waals surface area contributed by atoms with E-state index in [1.54, 1.807) is 12.1 Å². The zero-order chi connectivity index (χ0) is 18.3. The van der Waals surface area contributed by atoms with E-state index in [1.807, 2.05) is 36.6 Å². The van der Waals surface area contributed by atoms with Gasteiger partial charge in [-0.05, 0) is 26.0 Å². The molecule has 2 aromatic heterocycles. The van der Waals surface area contributed by atoms with Crippen LogP contribution < -0.4 is 10.7 Å². The Labute approximate surface area is 150 Å². The minimum Gasteiger partial charge on any atom is -0.354 e. The Kier molecular flexibility index (Phi) is 4.06. The van der Waals surface area contributed by atoms with E-state index in [-0.39, 0.29) is 17.9 Å². The third kappa shape index (κ3) is 2.89. The van der Waals surface area contributed by atoms with Crippen molar-refractivity contribution in [3.8, 4) is 0 Å². The number of aromatic nitrogens is 4. The van der Waals surface area contributed by atoms with E-state index in [4.69, 9.17) is 0 Å². The number of benzene rings is 1. The summed E-state index contributed by atoms with van der Waals surface area (Å²) in [6.45, 7) is 5.45. The van der Waals surface area contributed by atoms with Gasteiger partial charge in [0.15, 0.2) is 5.43 Å². The fraction of sp³-hybridized carbons (Fsp3) is 0.368. The number of nitrogens with one attached hydrogen (secondary N) is 1. The zero-order valence-electron chi connectivity index (χ0n) is 14.9. The Morgan fingerprint density at radius 2 is 2.08 bits per heavy atom. The molecule has 1 aromatic carbocycles. The Hall–Kier alpha value is -2.96. The van der Waals surface area contributed by atoms with E-state index in [9.17, 15) is 9.59 Å². The Bertz CT molecular complexity index is 1050. The molecule has 1 unspecified atom stereocenters. The van der Waals surface area contributed by atoms with Crippen molar-refractivity contribution < 1.29 is 4.79 Å². The summed E-state index contributed by atoms with van der Waals surface area (Å²) in [4.78, 5) is 24.6. The lowest BCUT2D eigenvalue weighted by atomic mass is 10.1. The normalized spacial score (nSPS) is 16.0. The van der Waals surface area contributed by atoms with Crippen LogP contribution in [0.3, 0.4) is 0 Å². The number of amides is 1. The van der Waals surface area contributed by atoms with Gasteiger partial charge in [-0.3, -0.25) is 9.59 Å². The monoisotopic (exact) mass is 351 g/mol. The van der Waals surface area contributed by atoms with Crippen LogP contribution in [0.1, 0.15) is 17.3 Å². The van der Waals surface area contributed by atoms with Gasteiger partial charge in [-0.2, -0.15) is 0 Å². The molecule has 0 fully saturated rings. The van der Waals surface area contributed by atoms with Crippen molar-refractivity contribution in [1.29, 1.82) is 0 Å². The molecule has 26 heavy (non-hydrogen) atoms. The van der Waals surface area contributed by atoms with Gasteiger partial charge in [0, 0.05) is 42.6 Å². The van der Waals surface area contributed by atoms with Crippen LogP contribution in [-0.4, -0.2) is 31.8 Å². The maximum Gasteiger partial charge on any atom is 0.239 e. The van der Waals surface area contributed by atoms with Crippen molar-refractivity contribution in [2.45, 2.75) is 33.4 Å². The summed E-state index contributed by atoms with van der Waals surface area (Å²) in [5.41, 5.74) is 1.56. The van der Waals surface area contributed by atoms with E-state index in [0.29, 0.717) is 17.8 Å². The number of carbonyl (C=O) groups excluding carboxylic acids is 1. The molecule has 3 aromatic rings. The van der Waals surface area contributed by atoms with Crippen LogP contribution in [0.4, 0.5) is 0 Å². The molecular weight excluding hydrogens is 330 g/mol. The molecule has 1 aliphatic rings. The smallest absolute Gasteiger partial charge is 0.239 e. The molecule has 1 amide bonds. The second-order valence-electron chi connectivity index (χ2n) is 6.90. The summed E-state index contributed by atoms with van der Waals surface area (Å²) >= 11 is 0. The summed E-state index contributed by atoms with van der Waals surface area (Å²) in [7, 11) is 0. The van der Waals surface area contributed by atoms with Gasteiger partial charge < -0.3 is 14.5 Å². The van der Waals surface area contributed by atoms with Gasteiger partial charge in [0.1, 0.15) is 18.2 Å². The van der Waals surface area contributed by atoms with Crippen LogP contribution in [0.2, 0.25) is 0 Å². The van der Waals surface area contributed by atoms with Gasteiger partial charge in [0.2, 0.25) is 5.91 Å². The lowest BCUT2D eigenvalue weighted by Crippen LogP contribution is -2.33. The van der Waals surface area contributed by atoms with E-state index in [2.05, 4.69) is 20.1 Å². The first-order valence-corrected chi connectivity index (χ1v) is 8.77. The second-order valence-corrected chi connectivity index (χ2v) is 6.90. The number of para-hydroxylation sites is 1. The van der Waals surface area contributed by atoms with Gasteiger partial charge in [0.05, 0.1) is 5.52 Å². The predicted octanol–water partition coefficient (Wildman–Crippen LogP) is 1.20. The highest BCUT2D eigenvalue weighted by molar-refractivity contribution is 5.82. The second kappa shape index (κ2) is 6.40. The van der Waals surface area contributed by atoms with Crippen molar-refractivity contribution in [1.82, 2.24) is 24.6 Å². The molecule has 4 rings (SSSR count). The topological polar surface area (TPSA) is 81.8 Å². The molecule has 3 heterocycles. The average molecular weight is 351 g/mol. The highest BCUT2D eigenvalue weighted by Crippen LogP contribution is 2.19. The fourth-order valence-electron chi connectivity index (χ4n) is 3.65. The van der Waals surface area contributed by atoms with E-state index >= 15 is 0 Å².